The Bertz CT molecular complexity index is 141. The predicted molar refractivity (Wildman–Crippen MR) is 76.1 cm³/mol. The second kappa shape index (κ2) is 13.9. The summed E-state index contributed by atoms with van der Waals surface area (Å²) >= 11 is 0. The van der Waals surface area contributed by atoms with Crippen molar-refractivity contribution in [3.63, 3.8) is 0 Å². The normalized spacial score (nSPS) is 12.9. The molecule has 0 aliphatic heterocycles. The van der Waals surface area contributed by atoms with Crippen molar-refractivity contribution in [1.29, 1.82) is 0 Å². The van der Waals surface area contributed by atoms with Crippen LogP contribution in [0.5, 0.6) is 0 Å². The minimum absolute atomic E-state index is 0.669. The Balaban J connectivity index is 3.41. The molecule has 0 aromatic carbocycles. The van der Waals surface area contributed by atoms with Gasteiger partial charge in [-0.1, -0.05) is 13.3 Å². The summed E-state index contributed by atoms with van der Waals surface area (Å²) in [7, 11) is 0. The summed E-state index contributed by atoms with van der Waals surface area (Å²) in [6.45, 7) is 7.03. The third-order valence-corrected chi connectivity index (χ3v) is 2.91. The van der Waals surface area contributed by atoms with Gasteiger partial charge in [-0.05, 0) is 64.8 Å². The van der Waals surface area contributed by atoms with Crippen LogP contribution < -0.4 is 22.1 Å². The van der Waals surface area contributed by atoms with Crippen molar-refractivity contribution < 1.29 is 0 Å². The Morgan fingerprint density at radius 1 is 0.882 bits per heavy atom. The first-order valence-corrected chi connectivity index (χ1v) is 7.19. The quantitative estimate of drug-likeness (QED) is 0.362. The van der Waals surface area contributed by atoms with Crippen LogP contribution in [0.1, 0.15) is 45.4 Å². The largest absolute Gasteiger partial charge is 0.330 e. The topological polar surface area (TPSA) is 76.1 Å². The molecule has 1 unspecified atom stereocenters. The van der Waals surface area contributed by atoms with Crippen LogP contribution in [0, 0.1) is 0 Å². The molecule has 4 nitrogen and oxygen atoms in total. The van der Waals surface area contributed by atoms with Crippen molar-refractivity contribution in [1.82, 2.24) is 10.6 Å². The summed E-state index contributed by atoms with van der Waals surface area (Å²) < 4.78 is 0. The lowest BCUT2D eigenvalue weighted by molar-refractivity contribution is 0.429. The van der Waals surface area contributed by atoms with Gasteiger partial charge in [0.15, 0.2) is 0 Å². The maximum atomic E-state index is 5.50. The Labute approximate surface area is 107 Å². The monoisotopic (exact) mass is 244 g/mol. The lowest BCUT2D eigenvalue weighted by atomic mass is 10.1. The molecule has 0 rings (SSSR count). The van der Waals surface area contributed by atoms with Crippen LogP contribution in [0.25, 0.3) is 0 Å². The molecular formula is C13H32N4. The maximum absolute atomic E-state index is 5.50. The molecule has 0 spiro atoms. The van der Waals surface area contributed by atoms with E-state index in [1.54, 1.807) is 0 Å². The lowest BCUT2D eigenvalue weighted by Gasteiger charge is -2.18. The van der Waals surface area contributed by atoms with Crippen LogP contribution in [0.2, 0.25) is 0 Å². The van der Waals surface area contributed by atoms with E-state index in [2.05, 4.69) is 17.6 Å². The number of hydrogen-bond acceptors (Lipinski definition) is 4. The van der Waals surface area contributed by atoms with Crippen molar-refractivity contribution in [2.45, 2.75) is 51.5 Å². The second-order valence-electron chi connectivity index (χ2n) is 4.62. The first-order chi connectivity index (χ1) is 8.35. The van der Waals surface area contributed by atoms with Crippen molar-refractivity contribution in [2.75, 3.05) is 32.7 Å². The fraction of sp³-hybridized carbons (Fsp3) is 1.00. The molecule has 0 bridgehead atoms. The molecule has 0 radical (unpaired) electrons. The highest BCUT2D eigenvalue weighted by Crippen LogP contribution is 2.04. The number of nitrogens with two attached hydrogens (primary N) is 2. The fourth-order valence-electron chi connectivity index (χ4n) is 1.93. The van der Waals surface area contributed by atoms with Gasteiger partial charge < -0.3 is 22.1 Å². The van der Waals surface area contributed by atoms with E-state index >= 15 is 0 Å². The molecule has 0 amide bonds. The number of rotatable bonds is 13. The van der Waals surface area contributed by atoms with E-state index in [0.29, 0.717) is 6.04 Å². The minimum atomic E-state index is 0.669. The van der Waals surface area contributed by atoms with Gasteiger partial charge in [0.2, 0.25) is 0 Å². The molecule has 0 saturated heterocycles. The van der Waals surface area contributed by atoms with Crippen molar-refractivity contribution in [3.8, 4) is 0 Å². The van der Waals surface area contributed by atoms with Crippen LogP contribution in [0.15, 0.2) is 0 Å². The van der Waals surface area contributed by atoms with Crippen molar-refractivity contribution in [2.24, 2.45) is 11.5 Å². The van der Waals surface area contributed by atoms with Gasteiger partial charge in [-0.2, -0.15) is 0 Å². The van der Waals surface area contributed by atoms with Crippen LogP contribution in [0.3, 0.4) is 0 Å². The molecule has 104 valence electrons. The number of nitrogens with one attached hydrogen (secondary N) is 2. The maximum Gasteiger partial charge on any atom is 0.00674 e. The summed E-state index contributed by atoms with van der Waals surface area (Å²) in [5.74, 6) is 0. The molecule has 4 heteroatoms. The summed E-state index contributed by atoms with van der Waals surface area (Å²) in [5.41, 5.74) is 10.9. The zero-order valence-corrected chi connectivity index (χ0v) is 11.5. The Morgan fingerprint density at radius 3 is 2.18 bits per heavy atom. The standard InChI is InChI=1S/C13H32N4/c1-2-6-13(17-12-5-9-15)7-3-10-16-11-4-8-14/h13,16-17H,2-12,14-15H2,1H3. The molecule has 0 fully saturated rings. The average Bonchev–Trinajstić information content (AvgIpc) is 2.34. The van der Waals surface area contributed by atoms with E-state index in [0.717, 1.165) is 45.6 Å². The van der Waals surface area contributed by atoms with Gasteiger partial charge in [0.25, 0.3) is 0 Å². The van der Waals surface area contributed by atoms with Crippen LogP contribution in [-0.2, 0) is 0 Å². The molecule has 0 saturated carbocycles. The summed E-state index contributed by atoms with van der Waals surface area (Å²) in [5, 5.41) is 7.02. The van der Waals surface area contributed by atoms with Gasteiger partial charge >= 0.3 is 0 Å². The van der Waals surface area contributed by atoms with Gasteiger partial charge in [0.1, 0.15) is 0 Å². The molecule has 1 atom stereocenters. The van der Waals surface area contributed by atoms with E-state index in [1.807, 2.05) is 0 Å². The van der Waals surface area contributed by atoms with Gasteiger partial charge in [-0.3, -0.25) is 0 Å². The first-order valence-electron chi connectivity index (χ1n) is 7.19. The van der Waals surface area contributed by atoms with E-state index < -0.39 is 0 Å². The number of hydrogen-bond donors (Lipinski definition) is 4. The second-order valence-corrected chi connectivity index (χ2v) is 4.62. The SMILES string of the molecule is CCCC(CCCNCCCN)NCCCN. The van der Waals surface area contributed by atoms with E-state index in [4.69, 9.17) is 11.5 Å². The highest BCUT2D eigenvalue weighted by molar-refractivity contribution is 4.67. The zero-order valence-electron chi connectivity index (χ0n) is 11.5. The molecule has 0 aromatic rings. The van der Waals surface area contributed by atoms with E-state index in [1.165, 1.54) is 25.7 Å². The van der Waals surface area contributed by atoms with Crippen LogP contribution >= 0.6 is 0 Å². The molecule has 0 heterocycles. The zero-order chi connectivity index (χ0) is 12.8. The minimum Gasteiger partial charge on any atom is -0.330 e. The van der Waals surface area contributed by atoms with Gasteiger partial charge in [-0.15, -0.1) is 0 Å². The third kappa shape index (κ3) is 12.1. The highest BCUT2D eigenvalue weighted by Gasteiger charge is 2.05. The van der Waals surface area contributed by atoms with Crippen LogP contribution in [0.4, 0.5) is 0 Å². The average molecular weight is 244 g/mol. The lowest BCUT2D eigenvalue weighted by Crippen LogP contribution is -2.32. The van der Waals surface area contributed by atoms with Gasteiger partial charge in [0, 0.05) is 6.04 Å². The first kappa shape index (κ1) is 16.8. The molecule has 6 N–H and O–H groups in total. The van der Waals surface area contributed by atoms with Gasteiger partial charge in [-0.25, -0.2) is 0 Å². The van der Waals surface area contributed by atoms with E-state index in [-0.39, 0.29) is 0 Å². The molecule has 17 heavy (non-hydrogen) atoms. The van der Waals surface area contributed by atoms with E-state index in [9.17, 15) is 0 Å². The summed E-state index contributed by atoms with van der Waals surface area (Å²) in [4.78, 5) is 0. The molecular weight excluding hydrogens is 212 g/mol. The Morgan fingerprint density at radius 2 is 1.53 bits per heavy atom. The molecule has 0 aliphatic rings. The Kier molecular flexibility index (Phi) is 13.8. The predicted octanol–water partition coefficient (Wildman–Crippen LogP) is 0.812. The molecule has 0 aromatic heterocycles. The van der Waals surface area contributed by atoms with Crippen molar-refractivity contribution in [3.05, 3.63) is 0 Å². The van der Waals surface area contributed by atoms with Crippen LogP contribution in [-0.4, -0.2) is 38.8 Å². The summed E-state index contributed by atoms with van der Waals surface area (Å²) in [6.07, 6.45) is 7.18. The summed E-state index contributed by atoms with van der Waals surface area (Å²) in [6, 6.07) is 0.669. The molecule has 0 aliphatic carbocycles. The highest BCUT2D eigenvalue weighted by atomic mass is 14.9. The van der Waals surface area contributed by atoms with Crippen molar-refractivity contribution >= 4 is 0 Å². The third-order valence-electron chi connectivity index (χ3n) is 2.91. The smallest absolute Gasteiger partial charge is 0.00674 e. The fourth-order valence-corrected chi connectivity index (χ4v) is 1.93. The van der Waals surface area contributed by atoms with Gasteiger partial charge in [0.05, 0.1) is 0 Å². The Hall–Kier alpha value is -0.160.